The molecule has 17 heavy (non-hydrogen) atoms. The molecule has 4 heteroatoms. The van der Waals surface area contributed by atoms with Crippen molar-refractivity contribution in [3.63, 3.8) is 0 Å². The predicted molar refractivity (Wildman–Crippen MR) is 65.8 cm³/mol. The Morgan fingerprint density at radius 2 is 2.00 bits per heavy atom. The Morgan fingerprint density at radius 1 is 1.35 bits per heavy atom. The van der Waals surface area contributed by atoms with Gasteiger partial charge in [-0.2, -0.15) is 0 Å². The summed E-state index contributed by atoms with van der Waals surface area (Å²) in [7, 11) is 0. The summed E-state index contributed by atoms with van der Waals surface area (Å²) in [6.07, 6.45) is 0.723. The number of rotatable bonds is 7. The Bertz CT molecular complexity index is 349. The van der Waals surface area contributed by atoms with Crippen molar-refractivity contribution in [3.8, 4) is 0 Å². The fourth-order valence-electron chi connectivity index (χ4n) is 1.60. The van der Waals surface area contributed by atoms with Crippen LogP contribution >= 0.6 is 0 Å². The van der Waals surface area contributed by atoms with Gasteiger partial charge in [-0.25, -0.2) is 0 Å². The number of hydrogen-bond donors (Lipinski definition) is 3. The van der Waals surface area contributed by atoms with Crippen molar-refractivity contribution < 1.29 is 15.0 Å². The Labute approximate surface area is 101 Å². The molecule has 3 N–H and O–H groups in total. The van der Waals surface area contributed by atoms with Crippen LogP contribution in [-0.4, -0.2) is 29.3 Å². The van der Waals surface area contributed by atoms with Crippen LogP contribution in [0, 0.1) is 0 Å². The van der Waals surface area contributed by atoms with E-state index in [0.717, 1.165) is 5.56 Å². The zero-order chi connectivity index (χ0) is 12.7. The van der Waals surface area contributed by atoms with Crippen LogP contribution in [0.2, 0.25) is 0 Å². The summed E-state index contributed by atoms with van der Waals surface area (Å²) in [5.74, 6) is -0.790. The minimum absolute atomic E-state index is 0.153. The molecule has 0 aromatic heterocycles. The lowest BCUT2D eigenvalue weighted by molar-refractivity contribution is -0.137. The second-order valence-electron chi connectivity index (χ2n) is 4.31. The number of benzene rings is 1. The molecule has 0 saturated carbocycles. The van der Waals surface area contributed by atoms with Gasteiger partial charge < -0.3 is 15.5 Å². The first-order valence-corrected chi connectivity index (χ1v) is 5.73. The maximum absolute atomic E-state index is 10.3. The van der Waals surface area contributed by atoms with Gasteiger partial charge in [0.05, 0.1) is 5.60 Å². The first kappa shape index (κ1) is 13.7. The van der Waals surface area contributed by atoms with Gasteiger partial charge in [0.15, 0.2) is 0 Å². The van der Waals surface area contributed by atoms with Crippen LogP contribution < -0.4 is 5.32 Å². The van der Waals surface area contributed by atoms with Crippen molar-refractivity contribution in [3.05, 3.63) is 35.9 Å². The van der Waals surface area contributed by atoms with E-state index in [0.29, 0.717) is 19.5 Å². The summed E-state index contributed by atoms with van der Waals surface area (Å²) in [5.41, 5.74) is -0.0736. The molecule has 0 fully saturated rings. The molecule has 1 rings (SSSR count). The summed E-state index contributed by atoms with van der Waals surface area (Å²) in [6.45, 7) is 2.75. The van der Waals surface area contributed by atoms with Crippen LogP contribution in [0.1, 0.15) is 25.3 Å². The Hall–Kier alpha value is -1.39. The standard InChI is InChI=1S/C13H19NO3/c1-13(17,11-6-3-2-4-7-11)10-14-9-5-8-12(15)16/h2-4,6-7,14,17H,5,8-10H2,1H3,(H,15,16). The van der Waals surface area contributed by atoms with E-state index in [1.165, 1.54) is 0 Å². The molecule has 4 nitrogen and oxygen atoms in total. The number of carboxylic acid groups (broad SMARTS) is 1. The van der Waals surface area contributed by atoms with Crippen LogP contribution in [0.15, 0.2) is 30.3 Å². The quantitative estimate of drug-likeness (QED) is 0.626. The fraction of sp³-hybridized carbons (Fsp3) is 0.462. The van der Waals surface area contributed by atoms with E-state index in [1.807, 2.05) is 30.3 Å². The summed E-state index contributed by atoms with van der Waals surface area (Å²) in [6, 6.07) is 9.42. The maximum atomic E-state index is 10.3. The lowest BCUT2D eigenvalue weighted by Gasteiger charge is -2.24. The largest absolute Gasteiger partial charge is 0.481 e. The van der Waals surface area contributed by atoms with Crippen molar-refractivity contribution in [1.29, 1.82) is 0 Å². The zero-order valence-electron chi connectivity index (χ0n) is 10.0. The second kappa shape index (κ2) is 6.37. The average Bonchev–Trinajstić information content (AvgIpc) is 2.29. The van der Waals surface area contributed by atoms with Crippen LogP contribution in [0.4, 0.5) is 0 Å². The number of carboxylic acids is 1. The molecule has 1 aromatic rings. The minimum atomic E-state index is -0.926. The van der Waals surface area contributed by atoms with Gasteiger partial charge in [-0.15, -0.1) is 0 Å². The van der Waals surface area contributed by atoms with E-state index in [4.69, 9.17) is 5.11 Å². The summed E-state index contributed by atoms with van der Waals surface area (Å²) >= 11 is 0. The van der Waals surface area contributed by atoms with Crippen LogP contribution in [0.25, 0.3) is 0 Å². The van der Waals surface area contributed by atoms with Crippen LogP contribution in [0.5, 0.6) is 0 Å². The second-order valence-corrected chi connectivity index (χ2v) is 4.31. The highest BCUT2D eigenvalue weighted by Crippen LogP contribution is 2.18. The number of carbonyl (C=O) groups is 1. The van der Waals surface area contributed by atoms with E-state index in [2.05, 4.69) is 5.32 Å². The van der Waals surface area contributed by atoms with Crippen LogP contribution in [-0.2, 0) is 10.4 Å². The first-order chi connectivity index (χ1) is 8.02. The zero-order valence-corrected chi connectivity index (χ0v) is 10.0. The molecule has 0 aliphatic heterocycles. The van der Waals surface area contributed by atoms with Gasteiger partial charge in [0.1, 0.15) is 0 Å². The minimum Gasteiger partial charge on any atom is -0.481 e. The Morgan fingerprint density at radius 3 is 2.59 bits per heavy atom. The summed E-state index contributed by atoms with van der Waals surface area (Å²) in [5, 5.41) is 21.8. The van der Waals surface area contributed by atoms with Gasteiger partial charge in [-0.1, -0.05) is 30.3 Å². The van der Waals surface area contributed by atoms with Gasteiger partial charge in [0, 0.05) is 13.0 Å². The van der Waals surface area contributed by atoms with E-state index < -0.39 is 11.6 Å². The van der Waals surface area contributed by atoms with Gasteiger partial charge in [-0.3, -0.25) is 4.79 Å². The highest BCUT2D eigenvalue weighted by molar-refractivity contribution is 5.66. The number of nitrogens with one attached hydrogen (secondary N) is 1. The van der Waals surface area contributed by atoms with E-state index in [1.54, 1.807) is 6.92 Å². The Balaban J connectivity index is 2.33. The van der Waals surface area contributed by atoms with E-state index in [9.17, 15) is 9.90 Å². The van der Waals surface area contributed by atoms with Gasteiger partial charge >= 0.3 is 5.97 Å². The van der Waals surface area contributed by atoms with Crippen molar-refractivity contribution in [2.45, 2.75) is 25.4 Å². The molecule has 0 bridgehead atoms. The van der Waals surface area contributed by atoms with Gasteiger partial charge in [0.25, 0.3) is 0 Å². The normalized spacial score (nSPS) is 14.2. The predicted octanol–water partition coefficient (Wildman–Crippen LogP) is 1.35. The lowest BCUT2D eigenvalue weighted by atomic mass is 9.96. The molecule has 1 unspecified atom stereocenters. The molecule has 94 valence electrons. The topological polar surface area (TPSA) is 69.6 Å². The third kappa shape index (κ3) is 4.97. The lowest BCUT2D eigenvalue weighted by Crippen LogP contribution is -2.35. The van der Waals surface area contributed by atoms with Crippen molar-refractivity contribution in [1.82, 2.24) is 5.32 Å². The highest BCUT2D eigenvalue weighted by Gasteiger charge is 2.21. The molecular formula is C13H19NO3. The first-order valence-electron chi connectivity index (χ1n) is 5.73. The third-order valence-electron chi connectivity index (χ3n) is 2.61. The van der Waals surface area contributed by atoms with E-state index >= 15 is 0 Å². The smallest absolute Gasteiger partial charge is 0.303 e. The molecule has 0 spiro atoms. The maximum Gasteiger partial charge on any atom is 0.303 e. The number of aliphatic carboxylic acids is 1. The van der Waals surface area contributed by atoms with Gasteiger partial charge in [-0.05, 0) is 25.5 Å². The molecule has 1 aromatic carbocycles. The SMILES string of the molecule is CC(O)(CNCCCC(=O)O)c1ccccc1. The molecule has 1 atom stereocenters. The fourth-order valence-corrected chi connectivity index (χ4v) is 1.60. The molecule has 0 amide bonds. The molecular weight excluding hydrogens is 218 g/mol. The number of hydrogen-bond acceptors (Lipinski definition) is 3. The average molecular weight is 237 g/mol. The molecule has 0 heterocycles. The molecule has 0 aliphatic carbocycles. The summed E-state index contributed by atoms with van der Waals surface area (Å²) in [4.78, 5) is 10.3. The van der Waals surface area contributed by atoms with Gasteiger partial charge in [0.2, 0.25) is 0 Å². The molecule has 0 radical (unpaired) electrons. The Kier molecular flexibility index (Phi) is 5.12. The number of aliphatic hydroxyl groups is 1. The van der Waals surface area contributed by atoms with Crippen LogP contribution in [0.3, 0.4) is 0 Å². The van der Waals surface area contributed by atoms with Crippen molar-refractivity contribution in [2.24, 2.45) is 0 Å². The molecule has 0 aliphatic rings. The third-order valence-corrected chi connectivity index (χ3v) is 2.61. The summed E-state index contributed by atoms with van der Waals surface area (Å²) < 4.78 is 0. The van der Waals surface area contributed by atoms with Crippen molar-refractivity contribution >= 4 is 5.97 Å². The monoisotopic (exact) mass is 237 g/mol. The van der Waals surface area contributed by atoms with Crippen molar-refractivity contribution in [2.75, 3.05) is 13.1 Å². The highest BCUT2D eigenvalue weighted by atomic mass is 16.4. The molecule has 0 saturated heterocycles. The van der Waals surface area contributed by atoms with E-state index in [-0.39, 0.29) is 6.42 Å².